The number of rotatable bonds is 9. The maximum atomic E-state index is 4.59. The Morgan fingerprint density at radius 2 is 1.09 bits per heavy atom. The van der Waals surface area contributed by atoms with E-state index in [-0.39, 0.29) is 0 Å². The van der Waals surface area contributed by atoms with Gasteiger partial charge in [0.05, 0.1) is 17.1 Å². The predicted octanol–water partition coefficient (Wildman–Crippen LogP) is 15.0. The van der Waals surface area contributed by atoms with E-state index < -0.39 is 0 Å². The average Bonchev–Trinajstić information content (AvgIpc) is 3.62. The Labute approximate surface area is 335 Å². The molecule has 2 aliphatic rings. The third kappa shape index (κ3) is 7.08. The molecule has 0 saturated heterocycles. The molecule has 272 valence electrons. The van der Waals surface area contributed by atoms with Crippen LogP contribution < -0.4 is 14.7 Å². The normalized spacial score (nSPS) is 13.1. The van der Waals surface area contributed by atoms with Crippen molar-refractivity contribution in [3.05, 3.63) is 241 Å². The second kappa shape index (κ2) is 15.6. The van der Waals surface area contributed by atoms with Gasteiger partial charge in [-0.25, -0.2) is 0 Å². The lowest BCUT2D eigenvalue weighted by Crippen LogP contribution is -2.19. The number of fused-ring (bicyclic) bond motifs is 4. The van der Waals surface area contributed by atoms with Crippen LogP contribution in [-0.2, 0) is 0 Å². The van der Waals surface area contributed by atoms with Crippen molar-refractivity contribution >= 4 is 73.5 Å². The smallest absolute Gasteiger partial charge is 0.0890 e. The van der Waals surface area contributed by atoms with Gasteiger partial charge in [0.15, 0.2) is 0 Å². The Balaban J connectivity index is 1.23. The average molecular weight is 732 g/mol. The van der Waals surface area contributed by atoms with Crippen molar-refractivity contribution in [2.24, 2.45) is 0 Å². The largest absolute Gasteiger partial charge is 0.311 e. The fourth-order valence-corrected chi connectivity index (χ4v) is 7.66. The van der Waals surface area contributed by atoms with Crippen molar-refractivity contribution in [1.82, 2.24) is 0 Å². The molecule has 57 heavy (non-hydrogen) atoms. The number of para-hydroxylation sites is 1. The highest BCUT2D eigenvalue weighted by molar-refractivity contribution is 5.96. The van der Waals surface area contributed by atoms with Crippen LogP contribution in [0.3, 0.4) is 0 Å². The molecule has 1 aliphatic carbocycles. The molecule has 0 bridgehead atoms. The van der Waals surface area contributed by atoms with E-state index in [2.05, 4.69) is 209 Å². The summed E-state index contributed by atoms with van der Waals surface area (Å²) in [4.78, 5) is 6.93. The molecule has 9 rings (SSSR count). The van der Waals surface area contributed by atoms with Crippen LogP contribution in [0.4, 0.5) is 39.8 Å². The van der Waals surface area contributed by atoms with Crippen molar-refractivity contribution in [2.75, 3.05) is 14.7 Å². The Morgan fingerprint density at radius 3 is 1.79 bits per heavy atom. The molecule has 0 saturated carbocycles. The van der Waals surface area contributed by atoms with Crippen LogP contribution in [0.25, 0.3) is 33.7 Å². The highest BCUT2D eigenvalue weighted by Crippen LogP contribution is 2.46. The molecule has 0 N–H and O–H groups in total. The predicted molar refractivity (Wildman–Crippen MR) is 245 cm³/mol. The highest BCUT2D eigenvalue weighted by atomic mass is 15.2. The van der Waals surface area contributed by atoms with Crippen LogP contribution >= 0.6 is 0 Å². The van der Waals surface area contributed by atoms with Crippen LogP contribution in [0.15, 0.2) is 230 Å². The monoisotopic (exact) mass is 731 g/mol. The van der Waals surface area contributed by atoms with E-state index in [0.717, 1.165) is 62.3 Å². The zero-order valence-electron chi connectivity index (χ0n) is 31.8. The molecule has 0 unspecified atom stereocenters. The van der Waals surface area contributed by atoms with Gasteiger partial charge in [0.25, 0.3) is 0 Å². The number of anilines is 7. The lowest BCUT2D eigenvalue weighted by molar-refractivity contribution is 1.18. The molecule has 3 nitrogen and oxygen atoms in total. The molecule has 0 atom stereocenters. The summed E-state index contributed by atoms with van der Waals surface area (Å²) in [7, 11) is 0. The maximum Gasteiger partial charge on any atom is 0.0890 e. The second-order valence-electron chi connectivity index (χ2n) is 14.0. The highest BCUT2D eigenvalue weighted by Gasteiger charge is 2.25. The molecule has 1 aliphatic heterocycles. The fraction of sp³-hybridized carbons (Fsp3) is 0.0185. The summed E-state index contributed by atoms with van der Waals surface area (Å²) in [5.41, 5.74) is 14.9. The van der Waals surface area contributed by atoms with Crippen LogP contribution in [-0.4, -0.2) is 0 Å². The molecule has 7 aromatic rings. The molecule has 1 heterocycles. The van der Waals surface area contributed by atoms with Crippen molar-refractivity contribution < 1.29 is 0 Å². The van der Waals surface area contributed by atoms with Crippen molar-refractivity contribution in [2.45, 2.75) is 6.92 Å². The first-order valence-electron chi connectivity index (χ1n) is 19.3. The molecular formula is C54H41N3. The van der Waals surface area contributed by atoms with Gasteiger partial charge in [-0.3, -0.25) is 0 Å². The van der Waals surface area contributed by atoms with Crippen molar-refractivity contribution in [3.8, 4) is 0 Å². The van der Waals surface area contributed by atoms with Gasteiger partial charge in [0.1, 0.15) is 0 Å². The third-order valence-electron chi connectivity index (χ3n) is 10.4. The summed E-state index contributed by atoms with van der Waals surface area (Å²) in [6.07, 6.45) is 22.9. The van der Waals surface area contributed by atoms with Gasteiger partial charge in [-0.1, -0.05) is 152 Å². The standard InChI is InChI=1S/C54H41N3/c1-3-4-8-17-40(2)55(49-32-28-41-18-13-15-20-45(41)36-49)51-34-30-43-26-27-44-31-35-52(39-54(44)57(53(43)38-51)48-24-9-5-6-10-25-48)56(47-22-11-7-12-23-47)50-33-29-42-19-14-16-21-46(42)37-50/h3-24,26-39H,2H2,1H3/b4-3-,17-8-. The number of hydrogen-bond donors (Lipinski definition) is 0. The topological polar surface area (TPSA) is 9.72 Å². The molecule has 0 radical (unpaired) electrons. The molecular weight excluding hydrogens is 691 g/mol. The number of hydrogen-bond acceptors (Lipinski definition) is 3. The van der Waals surface area contributed by atoms with Gasteiger partial charge in [0.2, 0.25) is 0 Å². The van der Waals surface area contributed by atoms with Crippen LogP contribution in [0.1, 0.15) is 18.1 Å². The van der Waals surface area contributed by atoms with Crippen LogP contribution in [0, 0.1) is 0 Å². The minimum absolute atomic E-state index is 0.855. The van der Waals surface area contributed by atoms with Gasteiger partial charge in [-0.2, -0.15) is 0 Å². The minimum Gasteiger partial charge on any atom is -0.311 e. The zero-order chi connectivity index (χ0) is 38.6. The zero-order valence-corrected chi connectivity index (χ0v) is 31.8. The van der Waals surface area contributed by atoms with E-state index in [1.165, 1.54) is 21.5 Å². The summed E-state index contributed by atoms with van der Waals surface area (Å²) in [5, 5.41) is 4.78. The first kappa shape index (κ1) is 35.1. The fourth-order valence-electron chi connectivity index (χ4n) is 7.66. The Morgan fingerprint density at radius 1 is 0.526 bits per heavy atom. The Hall–Kier alpha value is -7.58. The summed E-state index contributed by atoms with van der Waals surface area (Å²) in [6.45, 7) is 6.61. The van der Waals surface area contributed by atoms with Crippen molar-refractivity contribution in [1.29, 1.82) is 0 Å². The quantitative estimate of drug-likeness (QED) is 0.108. The van der Waals surface area contributed by atoms with Gasteiger partial charge in [-0.15, -0.1) is 0 Å². The molecule has 0 fully saturated rings. The Kier molecular flexibility index (Phi) is 9.65. The summed E-state index contributed by atoms with van der Waals surface area (Å²) in [5.74, 6) is 0. The third-order valence-corrected chi connectivity index (χ3v) is 10.4. The van der Waals surface area contributed by atoms with E-state index in [1.807, 2.05) is 43.4 Å². The first-order chi connectivity index (χ1) is 28.1. The summed E-state index contributed by atoms with van der Waals surface area (Å²) in [6, 6.07) is 54.4. The molecule has 3 heteroatoms. The van der Waals surface area contributed by atoms with Gasteiger partial charge in [-0.05, 0) is 118 Å². The lowest BCUT2D eigenvalue weighted by Gasteiger charge is -2.32. The number of allylic oxidation sites excluding steroid dienone is 8. The van der Waals surface area contributed by atoms with E-state index >= 15 is 0 Å². The molecule has 7 aromatic carbocycles. The Bertz CT molecular complexity index is 2880. The van der Waals surface area contributed by atoms with E-state index in [4.69, 9.17) is 0 Å². The van der Waals surface area contributed by atoms with E-state index in [0.29, 0.717) is 0 Å². The van der Waals surface area contributed by atoms with Gasteiger partial charge < -0.3 is 14.7 Å². The van der Waals surface area contributed by atoms with E-state index in [9.17, 15) is 0 Å². The lowest BCUT2D eigenvalue weighted by atomic mass is 10.1. The summed E-state index contributed by atoms with van der Waals surface area (Å²) < 4.78 is 0. The molecule has 0 spiro atoms. The van der Waals surface area contributed by atoms with Gasteiger partial charge in [0, 0.05) is 34.1 Å². The second-order valence-corrected chi connectivity index (χ2v) is 14.0. The van der Waals surface area contributed by atoms with Gasteiger partial charge >= 0.3 is 0 Å². The van der Waals surface area contributed by atoms with Crippen molar-refractivity contribution in [3.63, 3.8) is 0 Å². The molecule has 0 amide bonds. The molecule has 0 aromatic heterocycles. The number of nitrogens with zero attached hydrogens (tertiary/aromatic N) is 3. The first-order valence-corrected chi connectivity index (χ1v) is 19.3. The number of benzene rings is 7. The van der Waals surface area contributed by atoms with Crippen LogP contribution in [0.5, 0.6) is 0 Å². The van der Waals surface area contributed by atoms with Crippen LogP contribution in [0.2, 0.25) is 0 Å². The minimum atomic E-state index is 0.855. The van der Waals surface area contributed by atoms with E-state index in [1.54, 1.807) is 0 Å². The summed E-state index contributed by atoms with van der Waals surface area (Å²) >= 11 is 0. The SMILES string of the molecule is C=C(/C=C\C=C/C)N(c1ccc2c(c1)N(C1=C=CC=CC=C1)c1cc(N(c3ccccc3)c3ccc4ccccc4c3)ccc1C=C2)c1ccc2ccccc2c1. The maximum absolute atomic E-state index is 4.59.